The lowest BCUT2D eigenvalue weighted by molar-refractivity contribution is 0.409. The Morgan fingerprint density at radius 3 is 2.56 bits per heavy atom. The van der Waals surface area contributed by atoms with Crippen molar-refractivity contribution >= 4 is 11.6 Å². The summed E-state index contributed by atoms with van der Waals surface area (Å²) in [6.07, 6.45) is 0.931. The van der Waals surface area contributed by atoms with Crippen LogP contribution in [0.15, 0.2) is 12.1 Å². The topological polar surface area (TPSA) is 21.3 Å². The Hall–Kier alpha value is -0.730. The van der Waals surface area contributed by atoms with Crippen molar-refractivity contribution in [3.05, 3.63) is 28.3 Å². The van der Waals surface area contributed by atoms with E-state index in [0.29, 0.717) is 10.9 Å². The van der Waals surface area contributed by atoms with Crippen molar-refractivity contribution in [2.75, 3.05) is 20.7 Å². The number of hydrogen-bond acceptors (Lipinski definition) is 2. The molecule has 0 saturated heterocycles. The monoisotopic (exact) mass is 241 g/mol. The van der Waals surface area contributed by atoms with Crippen molar-refractivity contribution in [1.82, 2.24) is 5.32 Å². The van der Waals surface area contributed by atoms with Crippen molar-refractivity contribution in [2.45, 2.75) is 26.2 Å². The Morgan fingerprint density at radius 2 is 2.06 bits per heavy atom. The van der Waals surface area contributed by atoms with Gasteiger partial charge in [-0.2, -0.15) is 0 Å². The first-order chi connectivity index (χ1) is 7.60. The van der Waals surface area contributed by atoms with E-state index in [1.807, 2.05) is 13.1 Å². The molecule has 0 spiro atoms. The summed E-state index contributed by atoms with van der Waals surface area (Å²) in [7, 11) is 3.61. The first kappa shape index (κ1) is 13.3. The number of halogens is 1. The van der Waals surface area contributed by atoms with Gasteiger partial charge in [-0.25, -0.2) is 0 Å². The number of rotatable bonds is 5. The van der Waals surface area contributed by atoms with Crippen LogP contribution in [0.1, 0.15) is 30.9 Å². The van der Waals surface area contributed by atoms with E-state index in [2.05, 4.69) is 25.2 Å². The molecule has 0 aliphatic rings. The highest BCUT2D eigenvalue weighted by Gasteiger charge is 2.11. The van der Waals surface area contributed by atoms with E-state index in [-0.39, 0.29) is 0 Å². The molecule has 0 aliphatic carbocycles. The summed E-state index contributed by atoms with van der Waals surface area (Å²) in [6, 6.07) is 4.18. The lowest BCUT2D eigenvalue weighted by Gasteiger charge is -2.14. The van der Waals surface area contributed by atoms with Crippen molar-refractivity contribution in [3.63, 3.8) is 0 Å². The van der Waals surface area contributed by atoms with Gasteiger partial charge in [0.05, 0.1) is 12.1 Å². The Bertz CT molecular complexity index is 350. The Labute approximate surface area is 103 Å². The summed E-state index contributed by atoms with van der Waals surface area (Å²) in [4.78, 5) is 0. The van der Waals surface area contributed by atoms with Gasteiger partial charge < -0.3 is 10.1 Å². The third-order valence-electron chi connectivity index (χ3n) is 2.66. The van der Waals surface area contributed by atoms with E-state index in [1.54, 1.807) is 7.11 Å². The molecule has 2 nitrogen and oxygen atoms in total. The van der Waals surface area contributed by atoms with Gasteiger partial charge in [0.2, 0.25) is 0 Å². The number of methoxy groups -OCH3 is 1. The third-order valence-corrected chi connectivity index (χ3v) is 2.94. The second-order valence-electron chi connectivity index (χ2n) is 4.20. The molecule has 0 unspecified atom stereocenters. The fraction of sp³-hybridized carbons (Fsp3) is 0.538. The minimum Gasteiger partial charge on any atom is -0.495 e. The molecule has 0 amide bonds. The van der Waals surface area contributed by atoms with Crippen LogP contribution >= 0.6 is 11.6 Å². The molecule has 16 heavy (non-hydrogen) atoms. The first-order valence-electron chi connectivity index (χ1n) is 5.61. The Kier molecular flexibility index (Phi) is 5.10. The molecular weight excluding hydrogens is 222 g/mol. The quantitative estimate of drug-likeness (QED) is 0.855. The van der Waals surface area contributed by atoms with Gasteiger partial charge in [-0.05, 0) is 43.1 Å². The standard InChI is InChI=1S/C13H20ClNO/c1-9(2)11-7-10(5-6-15-3)13(16-4)12(14)8-11/h7-9,15H,5-6H2,1-4H3. The van der Waals surface area contributed by atoms with Gasteiger partial charge in [-0.15, -0.1) is 0 Å². The molecule has 1 aromatic carbocycles. The van der Waals surface area contributed by atoms with E-state index in [0.717, 1.165) is 18.7 Å². The summed E-state index contributed by atoms with van der Waals surface area (Å²) in [5.41, 5.74) is 2.44. The van der Waals surface area contributed by atoms with Crippen LogP contribution in [0, 0.1) is 0 Å². The van der Waals surface area contributed by atoms with Gasteiger partial charge >= 0.3 is 0 Å². The molecule has 0 bridgehead atoms. The summed E-state index contributed by atoms with van der Waals surface area (Å²) in [5.74, 6) is 1.29. The average molecular weight is 242 g/mol. The maximum absolute atomic E-state index is 6.21. The average Bonchev–Trinajstić information content (AvgIpc) is 2.25. The van der Waals surface area contributed by atoms with Crippen molar-refractivity contribution in [1.29, 1.82) is 0 Å². The minimum absolute atomic E-state index is 0.483. The number of benzene rings is 1. The van der Waals surface area contributed by atoms with Gasteiger partial charge in [-0.1, -0.05) is 31.5 Å². The van der Waals surface area contributed by atoms with Crippen LogP contribution in [0.25, 0.3) is 0 Å². The van der Waals surface area contributed by atoms with Gasteiger partial charge in [-0.3, -0.25) is 0 Å². The van der Waals surface area contributed by atoms with Crippen LogP contribution in [0.4, 0.5) is 0 Å². The van der Waals surface area contributed by atoms with Crippen LogP contribution < -0.4 is 10.1 Å². The Balaban J connectivity index is 3.09. The highest BCUT2D eigenvalue weighted by atomic mass is 35.5. The third kappa shape index (κ3) is 3.13. The number of hydrogen-bond donors (Lipinski definition) is 1. The SMILES string of the molecule is CNCCc1cc(C(C)C)cc(Cl)c1OC. The predicted octanol–water partition coefficient (Wildman–Crippen LogP) is 3.23. The second-order valence-corrected chi connectivity index (χ2v) is 4.61. The Morgan fingerprint density at radius 1 is 1.38 bits per heavy atom. The maximum atomic E-state index is 6.21. The zero-order valence-corrected chi connectivity index (χ0v) is 11.2. The van der Waals surface area contributed by atoms with Crippen LogP contribution in [0.5, 0.6) is 5.75 Å². The van der Waals surface area contributed by atoms with Crippen molar-refractivity contribution < 1.29 is 4.74 Å². The fourth-order valence-corrected chi connectivity index (χ4v) is 2.01. The molecule has 0 aliphatic heterocycles. The van der Waals surface area contributed by atoms with E-state index < -0.39 is 0 Å². The largest absolute Gasteiger partial charge is 0.495 e. The molecule has 0 aromatic heterocycles. The molecule has 0 heterocycles. The van der Waals surface area contributed by atoms with Crippen molar-refractivity contribution in [2.24, 2.45) is 0 Å². The number of likely N-dealkylation sites (N-methyl/N-ethyl adjacent to an activating group) is 1. The molecule has 90 valence electrons. The van der Waals surface area contributed by atoms with Crippen LogP contribution in [-0.4, -0.2) is 20.7 Å². The highest BCUT2D eigenvalue weighted by Crippen LogP contribution is 2.32. The second kappa shape index (κ2) is 6.12. The summed E-state index contributed by atoms with van der Waals surface area (Å²) >= 11 is 6.21. The van der Waals surface area contributed by atoms with E-state index in [1.165, 1.54) is 11.1 Å². The lowest BCUT2D eigenvalue weighted by atomic mass is 9.99. The first-order valence-corrected chi connectivity index (χ1v) is 5.98. The van der Waals surface area contributed by atoms with E-state index in [9.17, 15) is 0 Å². The highest BCUT2D eigenvalue weighted by molar-refractivity contribution is 6.32. The summed E-state index contributed by atoms with van der Waals surface area (Å²) in [6.45, 7) is 5.26. The summed E-state index contributed by atoms with van der Waals surface area (Å²) in [5, 5.41) is 3.85. The fourth-order valence-electron chi connectivity index (χ4n) is 1.68. The molecule has 0 saturated carbocycles. The van der Waals surface area contributed by atoms with Gasteiger partial charge in [0, 0.05) is 0 Å². The number of nitrogens with one attached hydrogen (secondary N) is 1. The zero-order chi connectivity index (χ0) is 12.1. The van der Waals surface area contributed by atoms with Gasteiger partial charge in [0.25, 0.3) is 0 Å². The molecule has 1 rings (SSSR count). The molecule has 0 fully saturated rings. The van der Waals surface area contributed by atoms with Crippen LogP contribution in [-0.2, 0) is 6.42 Å². The van der Waals surface area contributed by atoms with E-state index in [4.69, 9.17) is 16.3 Å². The molecular formula is C13H20ClNO. The van der Waals surface area contributed by atoms with E-state index >= 15 is 0 Å². The normalized spacial score (nSPS) is 10.9. The lowest BCUT2D eigenvalue weighted by Crippen LogP contribution is -2.11. The molecule has 0 atom stereocenters. The molecule has 3 heteroatoms. The predicted molar refractivity (Wildman–Crippen MR) is 69.7 cm³/mol. The number of ether oxygens (including phenoxy) is 1. The summed E-state index contributed by atoms with van der Waals surface area (Å²) < 4.78 is 5.35. The van der Waals surface area contributed by atoms with Crippen LogP contribution in [0.2, 0.25) is 5.02 Å². The molecule has 1 N–H and O–H groups in total. The molecule has 0 radical (unpaired) electrons. The van der Waals surface area contributed by atoms with Crippen molar-refractivity contribution in [3.8, 4) is 5.75 Å². The zero-order valence-electron chi connectivity index (χ0n) is 10.4. The smallest absolute Gasteiger partial charge is 0.140 e. The van der Waals surface area contributed by atoms with Crippen LogP contribution in [0.3, 0.4) is 0 Å². The maximum Gasteiger partial charge on any atom is 0.140 e. The minimum atomic E-state index is 0.483. The van der Waals surface area contributed by atoms with Gasteiger partial charge in [0.1, 0.15) is 5.75 Å². The molecule has 1 aromatic rings. The van der Waals surface area contributed by atoms with Gasteiger partial charge in [0.15, 0.2) is 0 Å².